The topological polar surface area (TPSA) is 6.48 Å². The van der Waals surface area contributed by atoms with Crippen LogP contribution in [0.5, 0.6) is 0 Å². The van der Waals surface area contributed by atoms with Crippen LogP contribution in [0.25, 0.3) is 90.0 Å². The van der Waals surface area contributed by atoms with Gasteiger partial charge in [0.2, 0.25) is 0 Å². The monoisotopic (exact) mass is 1430 g/mol. The van der Waals surface area contributed by atoms with Gasteiger partial charge in [-0.3, -0.25) is 0 Å². The largest absolute Gasteiger partial charge is 0.310 e. The van der Waals surface area contributed by atoms with E-state index in [1.807, 2.05) is 170 Å². The van der Waals surface area contributed by atoms with Crippen molar-refractivity contribution in [2.75, 3.05) is 9.80 Å². The molecule has 0 aliphatic heterocycles. The van der Waals surface area contributed by atoms with Crippen molar-refractivity contribution in [1.29, 1.82) is 0 Å². The number of anilines is 6. The number of fused-ring (bicyclic) bond motifs is 6. The molecule has 16 aromatic rings. The fourth-order valence-electron chi connectivity index (χ4n) is 16.8. The molecule has 0 N–H and O–H groups in total. The number of rotatable bonds is 17. The third-order valence-electron chi connectivity index (χ3n) is 22.0. The van der Waals surface area contributed by atoms with Crippen molar-refractivity contribution in [2.45, 2.75) is 10.8 Å². The SMILES string of the molecule is C=Cc1ccc(C2(c3cc(F)cc(F)c3F)c3ccccc3-c3ccc(N(c4ccc(-c5ccc(N(c6ccc(-c7cccc(-c8ccccc8)c7)cc6)c6ccc7c(c6)C(c6ccc(C=C)cc6)(c6cc(F)cc(F)c6F)c6ccccc6-7)cc5)cc4)c4ccc(-c5cccc(-c6ccccc6)c5)cc4)cc32)cc1. The summed E-state index contributed by atoms with van der Waals surface area (Å²) in [6, 6.07) is 117. The van der Waals surface area contributed by atoms with Crippen LogP contribution in [0.3, 0.4) is 0 Å². The van der Waals surface area contributed by atoms with Crippen molar-refractivity contribution in [3.05, 3.63) is 468 Å². The van der Waals surface area contributed by atoms with Crippen LogP contribution in [0.4, 0.5) is 60.5 Å². The lowest BCUT2D eigenvalue weighted by Crippen LogP contribution is -2.30. The molecular formula is C102H66F6N2. The Morgan fingerprint density at radius 2 is 0.500 bits per heavy atom. The second-order valence-corrected chi connectivity index (χ2v) is 28.0. The first-order chi connectivity index (χ1) is 53.9. The van der Waals surface area contributed by atoms with Gasteiger partial charge in [-0.05, 0) is 219 Å². The van der Waals surface area contributed by atoms with E-state index in [9.17, 15) is 0 Å². The third-order valence-corrected chi connectivity index (χ3v) is 22.0. The van der Waals surface area contributed by atoms with Crippen LogP contribution in [-0.4, -0.2) is 0 Å². The highest BCUT2D eigenvalue weighted by atomic mass is 19.2. The van der Waals surface area contributed by atoms with E-state index >= 15 is 26.3 Å². The van der Waals surface area contributed by atoms with Gasteiger partial charge in [-0.2, -0.15) is 0 Å². The summed E-state index contributed by atoms with van der Waals surface area (Å²) in [6.45, 7) is 7.98. The molecule has 0 heterocycles. The summed E-state index contributed by atoms with van der Waals surface area (Å²) in [5, 5.41) is 0. The van der Waals surface area contributed by atoms with Crippen LogP contribution in [0.1, 0.15) is 55.6 Å². The molecule has 2 atom stereocenters. The van der Waals surface area contributed by atoms with Crippen molar-refractivity contribution in [3.63, 3.8) is 0 Å². The Morgan fingerprint density at radius 1 is 0.218 bits per heavy atom. The minimum absolute atomic E-state index is 0.155. The lowest BCUT2D eigenvalue weighted by Gasteiger charge is -2.35. The number of halogens is 6. The molecular weight excluding hydrogens is 1370 g/mol. The summed E-state index contributed by atoms with van der Waals surface area (Å²) >= 11 is 0. The third kappa shape index (κ3) is 11.5. The van der Waals surface area contributed by atoms with Crippen LogP contribution >= 0.6 is 0 Å². The van der Waals surface area contributed by atoms with E-state index in [1.54, 1.807) is 12.2 Å². The zero-order valence-electron chi connectivity index (χ0n) is 59.4. The molecule has 2 aliphatic carbocycles. The molecule has 0 saturated carbocycles. The molecule has 18 rings (SSSR count). The maximum Gasteiger partial charge on any atom is 0.163 e. The lowest BCUT2D eigenvalue weighted by molar-refractivity contribution is 0.474. The minimum atomic E-state index is -1.53. The molecule has 0 aromatic heterocycles. The Bertz CT molecular complexity index is 5860. The van der Waals surface area contributed by atoms with Crippen molar-refractivity contribution < 1.29 is 26.3 Å². The predicted octanol–water partition coefficient (Wildman–Crippen LogP) is 27.8. The van der Waals surface area contributed by atoms with Crippen molar-refractivity contribution in [1.82, 2.24) is 0 Å². The maximum atomic E-state index is 17.2. The van der Waals surface area contributed by atoms with Gasteiger partial charge in [-0.1, -0.05) is 280 Å². The molecule has 16 aromatic carbocycles. The first kappa shape index (κ1) is 68.0. The highest BCUT2D eigenvalue weighted by Crippen LogP contribution is 2.60. The fraction of sp³-hybridized carbons (Fsp3) is 0.0196. The number of hydrogen-bond donors (Lipinski definition) is 0. The molecule has 8 heteroatoms. The molecule has 0 radical (unpaired) electrons. The summed E-state index contributed by atoms with van der Waals surface area (Å²) in [4.78, 5) is 4.30. The van der Waals surface area contributed by atoms with Crippen molar-refractivity contribution in [3.8, 4) is 77.9 Å². The smallest absolute Gasteiger partial charge is 0.163 e. The van der Waals surface area contributed by atoms with Gasteiger partial charge in [0.25, 0.3) is 0 Å². The molecule has 110 heavy (non-hydrogen) atoms. The Kier molecular flexibility index (Phi) is 17.2. The van der Waals surface area contributed by atoms with E-state index in [1.165, 1.54) is 0 Å². The number of nitrogens with zero attached hydrogens (tertiary/aromatic N) is 2. The van der Waals surface area contributed by atoms with E-state index in [0.717, 1.165) is 124 Å². The molecule has 526 valence electrons. The van der Waals surface area contributed by atoms with E-state index in [-0.39, 0.29) is 11.1 Å². The molecule has 2 aliphatic rings. The van der Waals surface area contributed by atoms with Gasteiger partial charge in [0.15, 0.2) is 23.3 Å². The van der Waals surface area contributed by atoms with Crippen LogP contribution < -0.4 is 9.80 Å². The predicted molar refractivity (Wildman–Crippen MR) is 438 cm³/mol. The zero-order valence-corrected chi connectivity index (χ0v) is 59.4. The molecule has 2 nitrogen and oxygen atoms in total. The van der Waals surface area contributed by atoms with Gasteiger partial charge in [-0.25, -0.2) is 26.3 Å². The van der Waals surface area contributed by atoms with Gasteiger partial charge in [0, 0.05) is 57.4 Å². The van der Waals surface area contributed by atoms with Crippen LogP contribution in [0, 0.1) is 34.9 Å². The first-order valence-electron chi connectivity index (χ1n) is 36.5. The van der Waals surface area contributed by atoms with Crippen LogP contribution in [-0.2, 0) is 10.8 Å². The number of benzene rings is 16. The van der Waals surface area contributed by atoms with Crippen LogP contribution in [0.15, 0.2) is 377 Å². The molecule has 0 amide bonds. The summed E-state index contributed by atoms with van der Waals surface area (Å²) in [5.74, 6) is -6.69. The normalized spacial score (nSPS) is 14.4. The Balaban J connectivity index is 0.768. The lowest BCUT2D eigenvalue weighted by atomic mass is 9.67. The highest BCUT2D eigenvalue weighted by molar-refractivity contribution is 5.93. The summed E-state index contributed by atoms with van der Waals surface area (Å²) in [5.41, 5.74) is 20.2. The standard InChI is InChI=1S/C102H66F6N2/c1-3-65-29-41-77(42-30-65)101(95-59-79(103)61-97(105)99(95)107)91-27-13-11-25-87(91)89-55-53-85(63-93(89)101)109(83-49-37-71(38-50-83)75-23-15-21-73(57-75)67-17-7-5-8-18-67)81-45-33-69(34-46-81)70-35-47-82(48-36-70)110(84-51-39-72(40-52-84)76-24-16-22-74(58-76)68-19-9-6-10-20-68)86-54-56-90-88-26-12-14-28-92(88)102(94(90)64-86,78-43-31-66(4-2)32-44-78)96-60-80(104)62-98(106)100(96)108/h3-64H,1-2H2. The fourth-order valence-corrected chi connectivity index (χ4v) is 16.8. The summed E-state index contributed by atoms with van der Waals surface area (Å²) in [6.07, 6.45) is 3.44. The van der Waals surface area contributed by atoms with Gasteiger partial charge in [-0.15, -0.1) is 0 Å². The van der Waals surface area contributed by atoms with E-state index in [4.69, 9.17) is 0 Å². The summed E-state index contributed by atoms with van der Waals surface area (Å²) < 4.78 is 98.3. The van der Waals surface area contributed by atoms with Gasteiger partial charge < -0.3 is 9.80 Å². The average molecular weight is 1430 g/mol. The Morgan fingerprint density at radius 3 is 0.836 bits per heavy atom. The van der Waals surface area contributed by atoms with Crippen molar-refractivity contribution in [2.24, 2.45) is 0 Å². The van der Waals surface area contributed by atoms with E-state index in [2.05, 4.69) is 193 Å². The molecule has 2 unspecified atom stereocenters. The first-order valence-corrected chi connectivity index (χ1v) is 36.5. The Labute approximate surface area is 635 Å². The molecule has 0 saturated heterocycles. The molecule has 0 spiro atoms. The maximum absolute atomic E-state index is 17.2. The van der Waals surface area contributed by atoms with Gasteiger partial charge in [0.05, 0.1) is 10.8 Å². The Hall–Kier alpha value is -13.8. The summed E-state index contributed by atoms with van der Waals surface area (Å²) in [7, 11) is 0. The zero-order chi connectivity index (χ0) is 74.8. The number of hydrogen-bond acceptors (Lipinski definition) is 2. The minimum Gasteiger partial charge on any atom is -0.310 e. The average Bonchev–Trinajstić information content (AvgIpc) is 1.53. The van der Waals surface area contributed by atoms with Gasteiger partial charge >= 0.3 is 0 Å². The van der Waals surface area contributed by atoms with Gasteiger partial charge in [0.1, 0.15) is 11.6 Å². The van der Waals surface area contributed by atoms with E-state index < -0.39 is 45.7 Å². The quantitative estimate of drug-likeness (QED) is 0.0662. The second kappa shape index (κ2) is 27.8. The van der Waals surface area contributed by atoms with Crippen LogP contribution in [0.2, 0.25) is 0 Å². The highest BCUT2D eigenvalue weighted by Gasteiger charge is 2.51. The van der Waals surface area contributed by atoms with E-state index in [0.29, 0.717) is 56.9 Å². The molecule has 0 fully saturated rings. The molecule has 0 bridgehead atoms. The van der Waals surface area contributed by atoms with Crippen molar-refractivity contribution >= 4 is 46.3 Å². The second-order valence-electron chi connectivity index (χ2n) is 28.0.